The fraction of sp³-hybridized carbons (Fsp3) is 0. The molecule has 5 nitrogen and oxygen atoms in total. The second kappa shape index (κ2) is 10.5. The molecule has 0 aliphatic rings. The van der Waals surface area contributed by atoms with E-state index in [2.05, 4.69) is 71.3 Å². The average Bonchev–Trinajstić information content (AvgIpc) is 3.66. The molecule has 214 valence electrons. The fourth-order valence-electron chi connectivity index (χ4n) is 6.30. The zero-order valence-electron chi connectivity index (χ0n) is 24.4. The first-order valence-electron chi connectivity index (χ1n) is 15.0. The topological polar surface area (TPSA) is 67.4 Å². The highest BCUT2D eigenvalue weighted by Crippen LogP contribution is 2.39. The van der Waals surface area contributed by atoms with Gasteiger partial charge in [0, 0.05) is 53.3 Å². The normalized spacial score (nSPS) is 11.5. The maximum absolute atomic E-state index is 9.82. The molecule has 6 heteroatoms. The van der Waals surface area contributed by atoms with Crippen LogP contribution in [-0.4, -0.2) is 19.5 Å². The molecular formula is C40H23N5S. The van der Waals surface area contributed by atoms with Crippen molar-refractivity contribution in [2.45, 2.75) is 0 Å². The molecular weight excluding hydrogens is 583 g/mol. The lowest BCUT2D eigenvalue weighted by atomic mass is 10.1. The standard InChI is InChI=1S/C40H23N5S/c41-24-25-15-18-34-31(21-25)32-22-28(40-43-38(26-9-3-1-4-10-26)42-39(44-40)27-11-5-2-6-12-27)16-19-35(32)45(34)29-17-20-37-33(23-29)30-13-7-8-14-36(30)46-37/h1-23H. The molecule has 0 saturated carbocycles. The maximum Gasteiger partial charge on any atom is 0.164 e. The molecule has 46 heavy (non-hydrogen) atoms. The predicted octanol–water partition coefficient (Wildman–Crippen LogP) is 10.2. The SMILES string of the molecule is N#Cc1ccc2c(c1)c1cc(-c3nc(-c4ccccc4)nc(-c4ccccc4)n3)ccc1n2-c1ccc2sc3ccccc3c2c1. The number of fused-ring (bicyclic) bond motifs is 6. The quantitative estimate of drug-likeness (QED) is 0.200. The Hall–Kier alpha value is -6.16. The average molecular weight is 606 g/mol. The van der Waals surface area contributed by atoms with Crippen molar-refractivity contribution in [3.8, 4) is 45.9 Å². The Kier molecular flexibility index (Phi) is 5.98. The Morgan fingerprint density at radius 2 is 1.07 bits per heavy atom. The summed E-state index contributed by atoms with van der Waals surface area (Å²) in [6.45, 7) is 0. The largest absolute Gasteiger partial charge is 0.309 e. The van der Waals surface area contributed by atoms with Crippen molar-refractivity contribution in [1.29, 1.82) is 5.26 Å². The van der Waals surface area contributed by atoms with E-state index < -0.39 is 0 Å². The van der Waals surface area contributed by atoms with Gasteiger partial charge in [-0.1, -0.05) is 78.9 Å². The van der Waals surface area contributed by atoms with Crippen LogP contribution in [0.15, 0.2) is 140 Å². The van der Waals surface area contributed by atoms with Crippen LogP contribution in [0.5, 0.6) is 0 Å². The summed E-state index contributed by atoms with van der Waals surface area (Å²) in [4.78, 5) is 14.8. The van der Waals surface area contributed by atoms with Gasteiger partial charge in [-0.05, 0) is 60.7 Å². The fourth-order valence-corrected chi connectivity index (χ4v) is 7.39. The van der Waals surface area contributed by atoms with Crippen molar-refractivity contribution in [2.75, 3.05) is 0 Å². The van der Waals surface area contributed by atoms with Gasteiger partial charge in [0.15, 0.2) is 17.5 Å². The highest BCUT2D eigenvalue weighted by molar-refractivity contribution is 7.25. The molecule has 0 atom stereocenters. The molecule has 9 rings (SSSR count). The van der Waals surface area contributed by atoms with E-state index in [9.17, 15) is 5.26 Å². The Labute approximate surface area is 268 Å². The third-order valence-corrected chi connectivity index (χ3v) is 9.62. The lowest BCUT2D eigenvalue weighted by molar-refractivity contribution is 1.07. The summed E-state index contributed by atoms with van der Waals surface area (Å²) in [5, 5.41) is 14.4. The summed E-state index contributed by atoms with van der Waals surface area (Å²) >= 11 is 1.81. The van der Waals surface area contributed by atoms with Gasteiger partial charge in [0.1, 0.15) is 0 Å². The van der Waals surface area contributed by atoms with Crippen LogP contribution in [0.25, 0.3) is 81.8 Å². The van der Waals surface area contributed by atoms with Crippen LogP contribution < -0.4 is 0 Å². The third-order valence-electron chi connectivity index (χ3n) is 8.47. The van der Waals surface area contributed by atoms with Crippen molar-refractivity contribution in [1.82, 2.24) is 19.5 Å². The molecule has 0 saturated heterocycles. The molecule has 9 aromatic rings. The van der Waals surface area contributed by atoms with Crippen molar-refractivity contribution >= 4 is 53.3 Å². The van der Waals surface area contributed by atoms with E-state index in [1.54, 1.807) is 0 Å². The molecule has 0 amide bonds. The highest BCUT2D eigenvalue weighted by atomic mass is 32.1. The Morgan fingerprint density at radius 1 is 0.478 bits per heavy atom. The van der Waals surface area contributed by atoms with E-state index in [4.69, 9.17) is 15.0 Å². The third kappa shape index (κ3) is 4.26. The van der Waals surface area contributed by atoms with Gasteiger partial charge in [0.2, 0.25) is 0 Å². The summed E-state index contributed by atoms with van der Waals surface area (Å²) < 4.78 is 4.83. The molecule has 0 aliphatic heterocycles. The highest BCUT2D eigenvalue weighted by Gasteiger charge is 2.18. The number of nitriles is 1. The zero-order chi connectivity index (χ0) is 30.6. The zero-order valence-corrected chi connectivity index (χ0v) is 25.2. The van der Waals surface area contributed by atoms with E-state index in [0.29, 0.717) is 23.0 Å². The van der Waals surface area contributed by atoms with Crippen molar-refractivity contribution in [3.05, 3.63) is 145 Å². The predicted molar refractivity (Wildman–Crippen MR) is 188 cm³/mol. The number of hydrogen-bond donors (Lipinski definition) is 0. The van der Waals surface area contributed by atoms with Gasteiger partial charge in [-0.2, -0.15) is 5.26 Å². The number of hydrogen-bond acceptors (Lipinski definition) is 5. The van der Waals surface area contributed by atoms with Gasteiger partial charge in [-0.15, -0.1) is 11.3 Å². The first kappa shape index (κ1) is 26.3. The number of aromatic nitrogens is 4. The van der Waals surface area contributed by atoms with Gasteiger partial charge in [0.25, 0.3) is 0 Å². The monoisotopic (exact) mass is 605 g/mol. The van der Waals surface area contributed by atoms with Crippen LogP contribution in [0.4, 0.5) is 0 Å². The molecule has 3 heterocycles. The summed E-state index contributed by atoms with van der Waals surface area (Å²) in [5.41, 5.74) is 6.52. The maximum atomic E-state index is 9.82. The summed E-state index contributed by atoms with van der Waals surface area (Å²) in [7, 11) is 0. The van der Waals surface area contributed by atoms with Crippen LogP contribution >= 0.6 is 11.3 Å². The second-order valence-corrected chi connectivity index (χ2v) is 12.3. The number of thiophene rings is 1. The van der Waals surface area contributed by atoms with Crippen molar-refractivity contribution < 1.29 is 0 Å². The van der Waals surface area contributed by atoms with Gasteiger partial charge in [0.05, 0.1) is 22.7 Å². The molecule has 0 radical (unpaired) electrons. The van der Waals surface area contributed by atoms with E-state index in [1.807, 2.05) is 90.2 Å². The van der Waals surface area contributed by atoms with Crippen molar-refractivity contribution in [2.24, 2.45) is 0 Å². The van der Waals surface area contributed by atoms with Crippen LogP contribution in [0, 0.1) is 11.3 Å². The van der Waals surface area contributed by atoms with Gasteiger partial charge in [-0.25, -0.2) is 15.0 Å². The minimum Gasteiger partial charge on any atom is -0.309 e. The number of benzene rings is 6. The minimum absolute atomic E-state index is 0.595. The lowest BCUT2D eigenvalue weighted by Gasteiger charge is -2.10. The lowest BCUT2D eigenvalue weighted by Crippen LogP contribution is -2.00. The first-order valence-corrected chi connectivity index (χ1v) is 15.8. The first-order chi connectivity index (χ1) is 22.7. The second-order valence-electron chi connectivity index (χ2n) is 11.2. The Bertz CT molecular complexity index is 2590. The van der Waals surface area contributed by atoms with E-state index in [0.717, 1.165) is 44.2 Å². The smallest absolute Gasteiger partial charge is 0.164 e. The van der Waals surface area contributed by atoms with E-state index >= 15 is 0 Å². The van der Waals surface area contributed by atoms with Gasteiger partial charge in [-0.3, -0.25) is 0 Å². The van der Waals surface area contributed by atoms with Gasteiger partial charge < -0.3 is 4.57 Å². The molecule has 6 aromatic carbocycles. The van der Waals surface area contributed by atoms with E-state index in [-0.39, 0.29) is 0 Å². The molecule has 0 unspecified atom stereocenters. The van der Waals surface area contributed by atoms with E-state index in [1.165, 1.54) is 20.2 Å². The Morgan fingerprint density at radius 3 is 1.76 bits per heavy atom. The number of nitrogens with zero attached hydrogens (tertiary/aromatic N) is 5. The van der Waals surface area contributed by atoms with Crippen LogP contribution in [0.3, 0.4) is 0 Å². The molecule has 0 fully saturated rings. The summed E-state index contributed by atoms with van der Waals surface area (Å²) in [6.07, 6.45) is 0. The molecule has 0 N–H and O–H groups in total. The van der Waals surface area contributed by atoms with Crippen LogP contribution in [0.1, 0.15) is 5.56 Å². The summed E-state index contributed by atoms with van der Waals surface area (Å²) in [5.74, 6) is 1.84. The summed E-state index contributed by atoms with van der Waals surface area (Å²) in [6, 6.07) is 49.9. The minimum atomic E-state index is 0.595. The molecule has 0 spiro atoms. The molecule has 0 aliphatic carbocycles. The molecule has 3 aromatic heterocycles. The van der Waals surface area contributed by atoms with Crippen LogP contribution in [-0.2, 0) is 0 Å². The number of rotatable bonds is 4. The molecule has 0 bridgehead atoms. The van der Waals surface area contributed by atoms with Crippen LogP contribution in [0.2, 0.25) is 0 Å². The van der Waals surface area contributed by atoms with Crippen molar-refractivity contribution in [3.63, 3.8) is 0 Å². The van der Waals surface area contributed by atoms with Gasteiger partial charge >= 0.3 is 0 Å². The Balaban J connectivity index is 1.28.